The fourth-order valence-corrected chi connectivity index (χ4v) is 3.03. The molecule has 0 aliphatic rings. The monoisotopic (exact) mass is 362 g/mol. The standard InChI is InChI=1S/C22H38N2O2/c1-2-3-4-5-6-7-8-9-10-11-12-13-18-23-22(26)24-19-20-14-16-21(25)17-15-20/h14-17,25H,2-13,18-19H2,1H3,(H2,23,24,26). The minimum Gasteiger partial charge on any atom is -0.508 e. The van der Waals surface area contributed by atoms with Crippen LogP contribution in [0.4, 0.5) is 4.79 Å². The first-order valence-corrected chi connectivity index (χ1v) is 10.5. The fourth-order valence-electron chi connectivity index (χ4n) is 3.03. The maximum Gasteiger partial charge on any atom is 0.315 e. The SMILES string of the molecule is CCCCCCCCCCCCCCNC(=O)NCc1ccc(O)cc1. The number of carbonyl (C=O) groups excluding carboxylic acids is 1. The lowest BCUT2D eigenvalue weighted by Crippen LogP contribution is -2.35. The lowest BCUT2D eigenvalue weighted by atomic mass is 10.1. The average molecular weight is 363 g/mol. The summed E-state index contributed by atoms with van der Waals surface area (Å²) < 4.78 is 0. The van der Waals surface area contributed by atoms with Crippen LogP contribution in [0.1, 0.15) is 89.5 Å². The van der Waals surface area contributed by atoms with Crippen LogP contribution in [0.2, 0.25) is 0 Å². The smallest absolute Gasteiger partial charge is 0.315 e. The maximum atomic E-state index is 11.7. The third kappa shape index (κ3) is 12.6. The van der Waals surface area contributed by atoms with E-state index >= 15 is 0 Å². The van der Waals surface area contributed by atoms with Crippen molar-refractivity contribution in [2.75, 3.05) is 6.54 Å². The van der Waals surface area contributed by atoms with Gasteiger partial charge in [-0.15, -0.1) is 0 Å². The summed E-state index contributed by atoms with van der Waals surface area (Å²) in [5.41, 5.74) is 0.975. The van der Waals surface area contributed by atoms with Crippen molar-refractivity contribution in [1.82, 2.24) is 10.6 Å². The van der Waals surface area contributed by atoms with E-state index in [4.69, 9.17) is 0 Å². The normalized spacial score (nSPS) is 10.7. The molecule has 0 heterocycles. The molecule has 4 heteroatoms. The van der Waals surface area contributed by atoms with Gasteiger partial charge < -0.3 is 15.7 Å². The molecule has 0 aliphatic carbocycles. The molecule has 0 bridgehead atoms. The number of urea groups is 1. The predicted octanol–water partition coefficient (Wildman–Crippen LogP) is 5.89. The molecule has 0 spiro atoms. The van der Waals surface area contributed by atoms with E-state index in [-0.39, 0.29) is 11.8 Å². The van der Waals surface area contributed by atoms with Gasteiger partial charge in [0.25, 0.3) is 0 Å². The summed E-state index contributed by atoms with van der Waals surface area (Å²) in [4.78, 5) is 11.7. The quantitative estimate of drug-likeness (QED) is 0.341. The second kappa shape index (κ2) is 15.5. The molecule has 0 radical (unpaired) electrons. The lowest BCUT2D eigenvalue weighted by Gasteiger charge is -2.08. The van der Waals surface area contributed by atoms with Gasteiger partial charge in [0.05, 0.1) is 0 Å². The lowest BCUT2D eigenvalue weighted by molar-refractivity contribution is 0.240. The first-order chi connectivity index (χ1) is 12.7. The molecule has 0 unspecified atom stereocenters. The third-order valence-corrected chi connectivity index (χ3v) is 4.71. The number of nitrogens with one attached hydrogen (secondary N) is 2. The highest BCUT2D eigenvalue weighted by Gasteiger charge is 2.00. The van der Waals surface area contributed by atoms with Crippen molar-refractivity contribution < 1.29 is 9.90 Å². The first kappa shape index (κ1) is 22.3. The number of aromatic hydroxyl groups is 1. The molecular weight excluding hydrogens is 324 g/mol. The minimum absolute atomic E-state index is 0.124. The van der Waals surface area contributed by atoms with Crippen LogP contribution in [0.5, 0.6) is 5.75 Å². The molecule has 4 nitrogen and oxygen atoms in total. The number of unbranched alkanes of at least 4 members (excludes halogenated alkanes) is 11. The highest BCUT2D eigenvalue weighted by atomic mass is 16.3. The Balaban J connectivity index is 1.83. The summed E-state index contributed by atoms with van der Waals surface area (Å²) in [6, 6.07) is 6.74. The fraction of sp³-hybridized carbons (Fsp3) is 0.682. The number of phenols is 1. The number of carbonyl (C=O) groups is 1. The molecule has 0 aromatic heterocycles. The number of hydrogen-bond donors (Lipinski definition) is 3. The van der Waals surface area contributed by atoms with Gasteiger partial charge in [-0.3, -0.25) is 0 Å². The summed E-state index contributed by atoms with van der Waals surface area (Å²) in [6.45, 7) is 3.48. The molecule has 148 valence electrons. The summed E-state index contributed by atoms with van der Waals surface area (Å²) >= 11 is 0. The summed E-state index contributed by atoms with van der Waals surface area (Å²) in [5.74, 6) is 0.241. The Morgan fingerprint density at radius 1 is 0.769 bits per heavy atom. The Morgan fingerprint density at radius 2 is 1.27 bits per heavy atom. The number of rotatable bonds is 15. The van der Waals surface area contributed by atoms with E-state index in [0.717, 1.165) is 18.5 Å². The Bertz CT molecular complexity index is 460. The molecular formula is C22H38N2O2. The van der Waals surface area contributed by atoms with Crippen LogP contribution in [0.3, 0.4) is 0 Å². The van der Waals surface area contributed by atoms with Gasteiger partial charge >= 0.3 is 6.03 Å². The first-order valence-electron chi connectivity index (χ1n) is 10.5. The summed E-state index contributed by atoms with van der Waals surface area (Å²) in [5, 5.41) is 15.0. The van der Waals surface area contributed by atoms with Crippen LogP contribution in [0.25, 0.3) is 0 Å². The maximum absolute atomic E-state index is 11.7. The molecule has 3 N–H and O–H groups in total. The largest absolute Gasteiger partial charge is 0.508 e. The van der Waals surface area contributed by atoms with Gasteiger partial charge in [0, 0.05) is 13.1 Å². The van der Waals surface area contributed by atoms with E-state index in [9.17, 15) is 9.90 Å². The molecule has 0 saturated carbocycles. The Kier molecular flexibility index (Phi) is 13.3. The highest BCUT2D eigenvalue weighted by Crippen LogP contribution is 2.12. The van der Waals surface area contributed by atoms with Crippen molar-refractivity contribution in [3.05, 3.63) is 29.8 Å². The van der Waals surface area contributed by atoms with Crippen molar-refractivity contribution in [3.63, 3.8) is 0 Å². The van der Waals surface area contributed by atoms with E-state index in [0.29, 0.717) is 6.54 Å². The molecule has 26 heavy (non-hydrogen) atoms. The molecule has 2 amide bonds. The zero-order chi connectivity index (χ0) is 18.9. The van der Waals surface area contributed by atoms with E-state index < -0.39 is 0 Å². The third-order valence-electron chi connectivity index (χ3n) is 4.71. The van der Waals surface area contributed by atoms with Crippen LogP contribution < -0.4 is 10.6 Å². The van der Waals surface area contributed by atoms with Gasteiger partial charge in [-0.05, 0) is 24.1 Å². The molecule has 1 aromatic carbocycles. The zero-order valence-electron chi connectivity index (χ0n) is 16.6. The molecule has 1 rings (SSSR count). The van der Waals surface area contributed by atoms with Crippen molar-refractivity contribution in [2.45, 2.75) is 90.5 Å². The van der Waals surface area contributed by atoms with Crippen LogP contribution in [-0.4, -0.2) is 17.7 Å². The van der Waals surface area contributed by atoms with Crippen LogP contribution in [0.15, 0.2) is 24.3 Å². The van der Waals surface area contributed by atoms with Crippen LogP contribution in [0, 0.1) is 0 Å². The van der Waals surface area contributed by atoms with Crippen molar-refractivity contribution in [2.24, 2.45) is 0 Å². The molecule has 0 saturated heterocycles. The van der Waals surface area contributed by atoms with Gasteiger partial charge in [0.2, 0.25) is 0 Å². The Hall–Kier alpha value is -1.71. The van der Waals surface area contributed by atoms with Gasteiger partial charge in [0.15, 0.2) is 0 Å². The van der Waals surface area contributed by atoms with Gasteiger partial charge in [-0.2, -0.15) is 0 Å². The Morgan fingerprint density at radius 3 is 1.81 bits per heavy atom. The molecule has 0 fully saturated rings. The summed E-state index contributed by atoms with van der Waals surface area (Å²) in [7, 11) is 0. The van der Waals surface area contributed by atoms with E-state index in [2.05, 4.69) is 17.6 Å². The van der Waals surface area contributed by atoms with Crippen molar-refractivity contribution in [3.8, 4) is 5.75 Å². The van der Waals surface area contributed by atoms with Gasteiger partial charge in [0.1, 0.15) is 5.75 Å². The van der Waals surface area contributed by atoms with Crippen molar-refractivity contribution in [1.29, 1.82) is 0 Å². The predicted molar refractivity (Wildman–Crippen MR) is 109 cm³/mol. The zero-order valence-corrected chi connectivity index (χ0v) is 16.6. The molecule has 0 atom stereocenters. The summed E-state index contributed by atoms with van der Waals surface area (Å²) in [6.07, 6.45) is 15.9. The molecule has 1 aromatic rings. The van der Waals surface area contributed by atoms with Crippen molar-refractivity contribution >= 4 is 6.03 Å². The number of amides is 2. The van der Waals surface area contributed by atoms with Gasteiger partial charge in [-0.1, -0.05) is 89.7 Å². The molecule has 0 aliphatic heterocycles. The van der Waals surface area contributed by atoms with Crippen LogP contribution >= 0.6 is 0 Å². The Labute approximate surface area is 159 Å². The second-order valence-corrected chi connectivity index (χ2v) is 7.16. The average Bonchev–Trinajstić information content (AvgIpc) is 2.65. The van der Waals surface area contributed by atoms with Crippen LogP contribution in [-0.2, 0) is 6.54 Å². The highest BCUT2D eigenvalue weighted by molar-refractivity contribution is 5.73. The minimum atomic E-state index is -0.124. The van der Waals surface area contributed by atoms with Gasteiger partial charge in [-0.25, -0.2) is 4.79 Å². The van der Waals surface area contributed by atoms with E-state index in [1.807, 2.05) is 0 Å². The van der Waals surface area contributed by atoms with E-state index in [1.54, 1.807) is 24.3 Å². The number of phenolic OH excluding ortho intramolecular Hbond substituents is 1. The number of benzene rings is 1. The second-order valence-electron chi connectivity index (χ2n) is 7.16. The topological polar surface area (TPSA) is 61.4 Å². The number of hydrogen-bond acceptors (Lipinski definition) is 2. The van der Waals surface area contributed by atoms with E-state index in [1.165, 1.54) is 70.6 Å².